The van der Waals surface area contributed by atoms with E-state index in [2.05, 4.69) is 15.4 Å². The van der Waals surface area contributed by atoms with Gasteiger partial charge in [-0.05, 0) is 26.0 Å². The number of halogens is 2. The SMILES string of the molecule is CC(C)Oc1nc(-c2nn(C3NCCO3)c3cc(F)c(F)cc23)ccc1[N+](=O)[O-]. The zero-order chi connectivity index (χ0) is 20.7. The van der Waals surface area contributed by atoms with Crippen LogP contribution in [0.1, 0.15) is 20.2 Å². The molecule has 1 aliphatic heterocycles. The molecule has 0 amide bonds. The molecule has 0 spiro atoms. The molecule has 0 saturated carbocycles. The third kappa shape index (κ3) is 3.49. The molecule has 1 fully saturated rings. The summed E-state index contributed by atoms with van der Waals surface area (Å²) in [7, 11) is 0. The van der Waals surface area contributed by atoms with Gasteiger partial charge >= 0.3 is 5.69 Å². The van der Waals surface area contributed by atoms with Gasteiger partial charge in [-0.25, -0.2) is 18.4 Å². The molecule has 1 aliphatic rings. The van der Waals surface area contributed by atoms with E-state index in [4.69, 9.17) is 9.47 Å². The summed E-state index contributed by atoms with van der Waals surface area (Å²) in [5.74, 6) is -2.24. The van der Waals surface area contributed by atoms with E-state index in [0.29, 0.717) is 18.7 Å². The maximum atomic E-state index is 14.0. The Kier molecular flexibility index (Phi) is 4.84. The fourth-order valence-corrected chi connectivity index (χ4v) is 3.08. The number of fused-ring (bicyclic) bond motifs is 1. The van der Waals surface area contributed by atoms with Gasteiger partial charge in [0.2, 0.25) is 6.35 Å². The van der Waals surface area contributed by atoms with Gasteiger partial charge in [0.05, 0.1) is 28.8 Å². The summed E-state index contributed by atoms with van der Waals surface area (Å²) in [6.07, 6.45) is -1.01. The number of nitro groups is 1. The first kappa shape index (κ1) is 19.2. The van der Waals surface area contributed by atoms with Crippen molar-refractivity contribution >= 4 is 16.6 Å². The maximum absolute atomic E-state index is 14.0. The second kappa shape index (κ2) is 7.33. The molecule has 3 heterocycles. The first-order chi connectivity index (χ1) is 13.8. The van der Waals surface area contributed by atoms with Crippen molar-refractivity contribution in [3.05, 3.63) is 46.0 Å². The maximum Gasteiger partial charge on any atom is 0.331 e. The number of nitrogens with zero attached hydrogens (tertiary/aromatic N) is 4. The van der Waals surface area contributed by atoms with Gasteiger partial charge in [-0.1, -0.05) is 0 Å². The number of pyridine rings is 1. The van der Waals surface area contributed by atoms with Gasteiger partial charge in [-0.3, -0.25) is 15.4 Å². The summed E-state index contributed by atoms with van der Waals surface area (Å²) in [5, 5.41) is 19.0. The van der Waals surface area contributed by atoms with Gasteiger partial charge in [0.25, 0.3) is 5.88 Å². The smallest absolute Gasteiger partial charge is 0.331 e. The molecule has 9 nitrogen and oxygen atoms in total. The number of aromatic nitrogens is 3. The molecule has 1 N–H and O–H groups in total. The number of hydrogen-bond donors (Lipinski definition) is 1. The Labute approximate surface area is 163 Å². The Morgan fingerprint density at radius 2 is 2.10 bits per heavy atom. The van der Waals surface area contributed by atoms with Crippen LogP contribution in [-0.2, 0) is 4.74 Å². The summed E-state index contributed by atoms with van der Waals surface area (Å²) in [6, 6.07) is 4.68. The van der Waals surface area contributed by atoms with Gasteiger partial charge in [-0.15, -0.1) is 0 Å². The van der Waals surface area contributed by atoms with Crippen molar-refractivity contribution in [2.75, 3.05) is 13.2 Å². The Morgan fingerprint density at radius 1 is 1.34 bits per heavy atom. The monoisotopic (exact) mass is 405 g/mol. The summed E-state index contributed by atoms with van der Waals surface area (Å²) in [5.41, 5.74) is 0.438. The zero-order valence-corrected chi connectivity index (χ0v) is 15.6. The van der Waals surface area contributed by atoms with Crippen LogP contribution in [0.2, 0.25) is 0 Å². The van der Waals surface area contributed by atoms with Gasteiger partial charge in [0.1, 0.15) is 5.69 Å². The molecule has 4 rings (SSSR count). The zero-order valence-electron chi connectivity index (χ0n) is 15.6. The molecule has 29 heavy (non-hydrogen) atoms. The second-order valence-corrected chi connectivity index (χ2v) is 6.70. The van der Waals surface area contributed by atoms with E-state index in [1.165, 1.54) is 16.8 Å². The van der Waals surface area contributed by atoms with Crippen LogP contribution in [0.3, 0.4) is 0 Å². The molecule has 1 atom stereocenters. The van der Waals surface area contributed by atoms with Crippen molar-refractivity contribution in [1.82, 2.24) is 20.1 Å². The van der Waals surface area contributed by atoms with Crippen molar-refractivity contribution in [1.29, 1.82) is 0 Å². The topological polar surface area (TPSA) is 104 Å². The van der Waals surface area contributed by atoms with Crippen LogP contribution >= 0.6 is 0 Å². The first-order valence-electron chi connectivity index (χ1n) is 8.90. The molecular weight excluding hydrogens is 388 g/mol. The van der Waals surface area contributed by atoms with Crippen molar-refractivity contribution in [2.24, 2.45) is 0 Å². The lowest BCUT2D eigenvalue weighted by atomic mass is 10.1. The van der Waals surface area contributed by atoms with Gasteiger partial charge in [-0.2, -0.15) is 5.10 Å². The average molecular weight is 405 g/mol. The Bertz CT molecular complexity index is 1100. The second-order valence-electron chi connectivity index (χ2n) is 6.70. The van der Waals surface area contributed by atoms with Crippen LogP contribution in [0.4, 0.5) is 14.5 Å². The van der Waals surface area contributed by atoms with E-state index in [1.807, 2.05) is 0 Å². The molecule has 1 aromatic carbocycles. The van der Waals surface area contributed by atoms with E-state index in [-0.39, 0.29) is 34.4 Å². The fourth-order valence-electron chi connectivity index (χ4n) is 3.08. The van der Waals surface area contributed by atoms with Crippen LogP contribution in [0.5, 0.6) is 5.88 Å². The third-order valence-corrected chi connectivity index (χ3v) is 4.29. The molecule has 3 aromatic rings. The highest BCUT2D eigenvalue weighted by molar-refractivity contribution is 5.92. The standard InChI is InChI=1S/C18H17F2N5O4/c1-9(2)29-17-14(25(26)27)4-3-13(22-17)16-10-7-11(19)12(20)8-15(10)24(23-16)18-21-5-6-28-18/h3-4,7-9,18,21H,5-6H2,1-2H3. The van der Waals surface area contributed by atoms with E-state index < -0.39 is 22.9 Å². The molecule has 0 aliphatic carbocycles. The van der Waals surface area contributed by atoms with E-state index in [0.717, 1.165) is 12.1 Å². The number of hydrogen-bond acceptors (Lipinski definition) is 7. The summed E-state index contributed by atoms with van der Waals surface area (Å²) in [4.78, 5) is 14.9. The fraction of sp³-hybridized carbons (Fsp3) is 0.333. The summed E-state index contributed by atoms with van der Waals surface area (Å²) in [6.45, 7) is 4.44. The first-order valence-corrected chi connectivity index (χ1v) is 8.90. The number of rotatable bonds is 5. The lowest BCUT2D eigenvalue weighted by molar-refractivity contribution is -0.386. The molecule has 11 heteroatoms. The number of nitrogens with one attached hydrogen (secondary N) is 1. The van der Waals surface area contributed by atoms with Crippen molar-refractivity contribution in [3.8, 4) is 17.3 Å². The normalized spacial score (nSPS) is 16.7. The van der Waals surface area contributed by atoms with Gasteiger partial charge in [0.15, 0.2) is 11.6 Å². The number of benzene rings is 1. The predicted octanol–water partition coefficient (Wildman–Crippen LogP) is 3.15. The molecule has 1 unspecified atom stereocenters. The highest BCUT2D eigenvalue weighted by Gasteiger charge is 2.26. The van der Waals surface area contributed by atoms with Crippen LogP contribution in [-0.4, -0.2) is 38.9 Å². The Morgan fingerprint density at radius 3 is 2.76 bits per heavy atom. The van der Waals surface area contributed by atoms with Crippen LogP contribution in [0.15, 0.2) is 24.3 Å². The minimum atomic E-state index is -1.04. The molecular formula is C18H17F2N5O4. The summed E-state index contributed by atoms with van der Waals surface area (Å²) < 4.78 is 40.2. The van der Waals surface area contributed by atoms with Crippen molar-refractivity contribution < 1.29 is 23.2 Å². The number of ether oxygens (including phenoxy) is 2. The Hall–Kier alpha value is -3.18. The van der Waals surface area contributed by atoms with E-state index >= 15 is 0 Å². The van der Waals surface area contributed by atoms with Crippen LogP contribution < -0.4 is 10.1 Å². The highest BCUT2D eigenvalue weighted by Crippen LogP contribution is 2.34. The highest BCUT2D eigenvalue weighted by atomic mass is 19.2. The minimum Gasteiger partial charge on any atom is -0.470 e. The largest absolute Gasteiger partial charge is 0.470 e. The van der Waals surface area contributed by atoms with Crippen LogP contribution in [0, 0.1) is 21.7 Å². The lowest BCUT2D eigenvalue weighted by Crippen LogP contribution is -2.22. The molecule has 2 aromatic heterocycles. The third-order valence-electron chi connectivity index (χ3n) is 4.29. The molecule has 0 radical (unpaired) electrons. The van der Waals surface area contributed by atoms with Crippen molar-refractivity contribution in [2.45, 2.75) is 26.3 Å². The molecule has 0 bridgehead atoms. The van der Waals surface area contributed by atoms with E-state index in [9.17, 15) is 18.9 Å². The Balaban J connectivity index is 1.91. The van der Waals surface area contributed by atoms with Crippen LogP contribution in [0.25, 0.3) is 22.3 Å². The quantitative estimate of drug-likeness (QED) is 0.514. The molecule has 1 saturated heterocycles. The average Bonchev–Trinajstić information content (AvgIpc) is 3.29. The lowest BCUT2D eigenvalue weighted by Gasteiger charge is -2.11. The summed E-state index contributed by atoms with van der Waals surface area (Å²) >= 11 is 0. The predicted molar refractivity (Wildman–Crippen MR) is 98.3 cm³/mol. The minimum absolute atomic E-state index is 0.178. The van der Waals surface area contributed by atoms with Gasteiger partial charge < -0.3 is 9.47 Å². The van der Waals surface area contributed by atoms with Crippen molar-refractivity contribution in [3.63, 3.8) is 0 Å². The van der Waals surface area contributed by atoms with E-state index in [1.54, 1.807) is 13.8 Å². The molecule has 152 valence electrons. The van der Waals surface area contributed by atoms with Gasteiger partial charge in [0, 0.05) is 24.1 Å².